The molecule has 0 spiro atoms. The average Bonchev–Trinajstić information content (AvgIpc) is 3.19. The summed E-state index contributed by atoms with van der Waals surface area (Å²) in [6.45, 7) is 1.54. The van der Waals surface area contributed by atoms with Gasteiger partial charge in [-0.3, -0.25) is 0 Å². The number of nitrogens with one attached hydrogen (secondary N) is 2. The molecule has 0 bridgehead atoms. The Morgan fingerprint density at radius 1 is 1.00 bits per heavy atom. The first-order valence-corrected chi connectivity index (χ1v) is 8.30. The van der Waals surface area contributed by atoms with E-state index in [9.17, 15) is 0 Å². The molecule has 0 aromatic heterocycles. The zero-order valence-corrected chi connectivity index (χ0v) is 12.4. The zero-order valence-electron chi connectivity index (χ0n) is 12.4. The van der Waals surface area contributed by atoms with Gasteiger partial charge in [-0.1, -0.05) is 12.8 Å². The van der Waals surface area contributed by atoms with Crippen LogP contribution >= 0.6 is 0 Å². The van der Waals surface area contributed by atoms with E-state index in [-0.39, 0.29) is 0 Å². The van der Waals surface area contributed by atoms with Crippen LogP contribution in [-0.4, -0.2) is 25.4 Å². The maximum absolute atomic E-state index is 5.48. The molecule has 21 heavy (non-hydrogen) atoms. The molecular weight excluding hydrogens is 264 g/mol. The minimum Gasteiger partial charge on any atom is -0.454 e. The second-order valence-corrected chi connectivity index (χ2v) is 6.47. The molecule has 4 heteroatoms. The molecule has 0 radical (unpaired) electrons. The fourth-order valence-electron chi connectivity index (χ4n) is 4.10. The Morgan fingerprint density at radius 2 is 1.90 bits per heavy atom. The van der Waals surface area contributed by atoms with Gasteiger partial charge in [0.15, 0.2) is 11.5 Å². The van der Waals surface area contributed by atoms with E-state index in [1.807, 2.05) is 6.07 Å². The van der Waals surface area contributed by atoms with Crippen molar-refractivity contribution in [3.63, 3.8) is 0 Å². The van der Waals surface area contributed by atoms with Gasteiger partial charge < -0.3 is 20.1 Å². The average molecular weight is 288 g/mol. The summed E-state index contributed by atoms with van der Waals surface area (Å²) >= 11 is 0. The number of anilines is 1. The number of hydrogen-bond acceptors (Lipinski definition) is 4. The summed E-state index contributed by atoms with van der Waals surface area (Å²) in [7, 11) is 0. The highest BCUT2D eigenvalue weighted by Crippen LogP contribution is 2.37. The van der Waals surface area contributed by atoms with Gasteiger partial charge in [0.25, 0.3) is 0 Å². The molecule has 2 fully saturated rings. The lowest BCUT2D eigenvalue weighted by Crippen LogP contribution is -2.43. The monoisotopic (exact) mass is 288 g/mol. The molecule has 3 aliphatic rings. The van der Waals surface area contributed by atoms with Gasteiger partial charge in [0.1, 0.15) is 0 Å². The summed E-state index contributed by atoms with van der Waals surface area (Å²) in [6, 6.07) is 7.49. The van der Waals surface area contributed by atoms with Crippen molar-refractivity contribution in [2.45, 2.75) is 50.6 Å². The molecule has 2 aliphatic heterocycles. The van der Waals surface area contributed by atoms with Gasteiger partial charge in [0.2, 0.25) is 6.79 Å². The summed E-state index contributed by atoms with van der Waals surface area (Å²) in [6.07, 6.45) is 8.01. The Labute approximate surface area is 126 Å². The van der Waals surface area contributed by atoms with Crippen LogP contribution in [0.3, 0.4) is 0 Å². The molecule has 3 atom stereocenters. The highest BCUT2D eigenvalue weighted by atomic mass is 16.7. The molecule has 0 amide bonds. The van der Waals surface area contributed by atoms with Gasteiger partial charge in [-0.25, -0.2) is 0 Å². The van der Waals surface area contributed by atoms with Crippen LogP contribution in [0, 0.1) is 5.92 Å². The molecule has 2 N–H and O–H groups in total. The fraction of sp³-hybridized carbons (Fsp3) is 0.647. The van der Waals surface area contributed by atoms with Gasteiger partial charge in [-0.05, 0) is 50.3 Å². The van der Waals surface area contributed by atoms with Crippen molar-refractivity contribution in [3.8, 4) is 11.5 Å². The molecule has 4 nitrogen and oxygen atoms in total. The van der Waals surface area contributed by atoms with Crippen LogP contribution in [-0.2, 0) is 0 Å². The van der Waals surface area contributed by atoms with Crippen molar-refractivity contribution >= 4 is 5.69 Å². The van der Waals surface area contributed by atoms with E-state index in [2.05, 4.69) is 22.8 Å². The second-order valence-electron chi connectivity index (χ2n) is 6.47. The molecule has 114 valence electrons. The highest BCUT2D eigenvalue weighted by molar-refractivity contribution is 5.56. The van der Waals surface area contributed by atoms with Gasteiger partial charge in [-0.2, -0.15) is 0 Å². The van der Waals surface area contributed by atoms with E-state index < -0.39 is 0 Å². The summed E-state index contributed by atoms with van der Waals surface area (Å²) in [5, 5.41) is 7.46. The predicted molar refractivity (Wildman–Crippen MR) is 83.0 cm³/mol. The zero-order chi connectivity index (χ0) is 14.1. The van der Waals surface area contributed by atoms with Crippen LogP contribution in [0.1, 0.15) is 38.5 Å². The molecule has 1 saturated heterocycles. The minimum absolute atomic E-state index is 0.344. The van der Waals surface area contributed by atoms with Crippen molar-refractivity contribution in [2.24, 2.45) is 5.92 Å². The third-order valence-corrected chi connectivity index (χ3v) is 5.16. The van der Waals surface area contributed by atoms with E-state index in [4.69, 9.17) is 9.47 Å². The number of hydrogen-bond donors (Lipinski definition) is 2. The van der Waals surface area contributed by atoms with Gasteiger partial charge in [0, 0.05) is 23.8 Å². The lowest BCUT2D eigenvalue weighted by molar-refractivity contribution is 0.174. The molecular formula is C17H24N2O2. The molecule has 1 aromatic rings. The Morgan fingerprint density at radius 3 is 2.81 bits per heavy atom. The number of benzene rings is 1. The fourth-order valence-corrected chi connectivity index (χ4v) is 4.10. The summed E-state index contributed by atoms with van der Waals surface area (Å²) < 4.78 is 10.9. The highest BCUT2D eigenvalue weighted by Gasteiger charge is 2.33. The van der Waals surface area contributed by atoms with Crippen molar-refractivity contribution < 1.29 is 9.47 Å². The quantitative estimate of drug-likeness (QED) is 0.896. The summed E-state index contributed by atoms with van der Waals surface area (Å²) in [4.78, 5) is 0. The largest absolute Gasteiger partial charge is 0.454 e. The molecule has 1 aromatic carbocycles. The van der Waals surface area contributed by atoms with Gasteiger partial charge >= 0.3 is 0 Å². The van der Waals surface area contributed by atoms with Gasteiger partial charge in [-0.15, -0.1) is 0 Å². The van der Waals surface area contributed by atoms with E-state index in [1.54, 1.807) is 0 Å². The van der Waals surface area contributed by atoms with Crippen molar-refractivity contribution in [3.05, 3.63) is 18.2 Å². The number of ether oxygens (including phenoxy) is 2. The standard InChI is InChI=1S/C17H24N2O2/c1-2-5-15(13(4-1)14-6-3-9-18-14)19-12-7-8-16-17(10-12)21-11-20-16/h7-8,10,13-15,18-19H,1-6,9,11H2. The SMILES string of the molecule is c1cc2c(cc1NC1CCCCC1C1CCCN1)OCO2. The predicted octanol–water partition coefficient (Wildman–Crippen LogP) is 3.14. The van der Waals surface area contributed by atoms with E-state index in [1.165, 1.54) is 45.1 Å². The Bertz CT molecular complexity index is 500. The van der Waals surface area contributed by atoms with Crippen molar-refractivity contribution in [2.75, 3.05) is 18.7 Å². The second kappa shape index (κ2) is 5.76. The molecule has 2 heterocycles. The van der Waals surface area contributed by atoms with Crippen LogP contribution in [0.4, 0.5) is 5.69 Å². The van der Waals surface area contributed by atoms with E-state index in [0.29, 0.717) is 18.9 Å². The van der Waals surface area contributed by atoms with Gasteiger partial charge in [0.05, 0.1) is 0 Å². The van der Waals surface area contributed by atoms with E-state index in [0.717, 1.165) is 23.1 Å². The maximum Gasteiger partial charge on any atom is 0.231 e. The van der Waals surface area contributed by atoms with Crippen LogP contribution in [0.2, 0.25) is 0 Å². The maximum atomic E-state index is 5.48. The lowest BCUT2D eigenvalue weighted by atomic mass is 9.79. The molecule has 1 saturated carbocycles. The summed E-state index contributed by atoms with van der Waals surface area (Å²) in [5.41, 5.74) is 1.16. The normalized spacial score (nSPS) is 31.3. The minimum atomic E-state index is 0.344. The Kier molecular flexibility index (Phi) is 3.63. The first kappa shape index (κ1) is 13.3. The number of fused-ring (bicyclic) bond motifs is 1. The van der Waals surface area contributed by atoms with Crippen LogP contribution in [0.15, 0.2) is 18.2 Å². The molecule has 1 aliphatic carbocycles. The van der Waals surface area contributed by atoms with E-state index >= 15 is 0 Å². The van der Waals surface area contributed by atoms with Crippen LogP contribution in [0.5, 0.6) is 11.5 Å². The molecule has 3 unspecified atom stereocenters. The van der Waals surface area contributed by atoms with Crippen LogP contribution in [0.25, 0.3) is 0 Å². The van der Waals surface area contributed by atoms with Crippen molar-refractivity contribution in [1.29, 1.82) is 0 Å². The topological polar surface area (TPSA) is 42.5 Å². The third-order valence-electron chi connectivity index (χ3n) is 5.16. The summed E-state index contributed by atoms with van der Waals surface area (Å²) in [5.74, 6) is 2.48. The first-order valence-electron chi connectivity index (χ1n) is 8.30. The lowest BCUT2D eigenvalue weighted by Gasteiger charge is -2.36. The first-order chi connectivity index (χ1) is 10.4. The Balaban J connectivity index is 1.48. The number of rotatable bonds is 3. The Hall–Kier alpha value is -1.42. The third kappa shape index (κ3) is 2.69. The smallest absolute Gasteiger partial charge is 0.231 e. The van der Waals surface area contributed by atoms with Crippen LogP contribution < -0.4 is 20.1 Å². The van der Waals surface area contributed by atoms with Crippen molar-refractivity contribution in [1.82, 2.24) is 5.32 Å². The molecule has 4 rings (SSSR count).